The van der Waals surface area contributed by atoms with Crippen LogP contribution in [0.1, 0.15) is 58.7 Å². The fraction of sp³-hybridized carbons (Fsp3) is 0.750. The average Bonchev–Trinajstić information content (AvgIpc) is 2.41. The highest BCUT2D eigenvalue weighted by atomic mass is 15.1. The molecule has 0 amide bonds. The van der Waals surface area contributed by atoms with Gasteiger partial charge in [0, 0.05) is 25.6 Å². The van der Waals surface area contributed by atoms with E-state index in [9.17, 15) is 0 Å². The van der Waals surface area contributed by atoms with Crippen LogP contribution in [0.15, 0.2) is 6.07 Å². The minimum atomic E-state index is 0.507. The van der Waals surface area contributed by atoms with E-state index in [1.807, 2.05) is 13.1 Å². The minimum Gasteiger partial charge on any atom is -0.373 e. The van der Waals surface area contributed by atoms with Crippen LogP contribution in [0.25, 0.3) is 0 Å². The maximum Gasteiger partial charge on any atom is 0.133 e. The van der Waals surface area contributed by atoms with Crippen LogP contribution >= 0.6 is 0 Å². The van der Waals surface area contributed by atoms with Gasteiger partial charge in [0.05, 0.1) is 0 Å². The van der Waals surface area contributed by atoms with Gasteiger partial charge in [-0.2, -0.15) is 0 Å². The van der Waals surface area contributed by atoms with Gasteiger partial charge < -0.3 is 10.6 Å². The largest absolute Gasteiger partial charge is 0.373 e. The van der Waals surface area contributed by atoms with Crippen molar-refractivity contribution in [1.82, 2.24) is 9.97 Å². The van der Waals surface area contributed by atoms with Gasteiger partial charge in [0.1, 0.15) is 17.5 Å². The van der Waals surface area contributed by atoms with Crippen LogP contribution in [-0.2, 0) is 6.42 Å². The quantitative estimate of drug-likeness (QED) is 0.857. The third-order valence-electron chi connectivity index (χ3n) is 4.19. The Kier molecular flexibility index (Phi) is 4.84. The molecule has 1 heterocycles. The third kappa shape index (κ3) is 4.09. The molecule has 0 aliphatic heterocycles. The number of aryl methyl sites for hydroxylation is 1. The topological polar surface area (TPSA) is 49.8 Å². The predicted octanol–water partition coefficient (Wildman–Crippen LogP) is 3.85. The molecular formula is C16H28N4. The van der Waals surface area contributed by atoms with Crippen molar-refractivity contribution in [2.45, 2.75) is 65.3 Å². The Morgan fingerprint density at radius 1 is 1.20 bits per heavy atom. The molecule has 0 saturated heterocycles. The van der Waals surface area contributed by atoms with Gasteiger partial charge in [0.2, 0.25) is 0 Å². The molecule has 4 nitrogen and oxygen atoms in total. The molecule has 0 aromatic carbocycles. The molecule has 1 fully saturated rings. The summed E-state index contributed by atoms with van der Waals surface area (Å²) < 4.78 is 0. The lowest BCUT2D eigenvalue weighted by molar-refractivity contribution is 0.232. The van der Waals surface area contributed by atoms with E-state index < -0.39 is 0 Å². The van der Waals surface area contributed by atoms with Gasteiger partial charge in [-0.25, -0.2) is 9.97 Å². The van der Waals surface area contributed by atoms with Crippen LogP contribution < -0.4 is 10.6 Å². The van der Waals surface area contributed by atoms with Crippen LogP contribution in [0, 0.1) is 5.41 Å². The SMILES string of the molecule is CCCc1nc(NC)cc(NC2CCC(C)(C)CC2)n1. The van der Waals surface area contributed by atoms with E-state index in [1.165, 1.54) is 25.7 Å². The molecule has 0 atom stereocenters. The summed E-state index contributed by atoms with van der Waals surface area (Å²) in [6, 6.07) is 2.57. The molecule has 1 aromatic rings. The first-order valence-electron chi connectivity index (χ1n) is 7.84. The average molecular weight is 276 g/mol. The third-order valence-corrected chi connectivity index (χ3v) is 4.19. The van der Waals surface area contributed by atoms with Gasteiger partial charge in [-0.05, 0) is 37.5 Å². The molecule has 0 spiro atoms. The Balaban J connectivity index is 2.03. The van der Waals surface area contributed by atoms with Gasteiger partial charge in [-0.3, -0.25) is 0 Å². The second kappa shape index (κ2) is 6.42. The summed E-state index contributed by atoms with van der Waals surface area (Å²) >= 11 is 0. The van der Waals surface area contributed by atoms with E-state index in [1.54, 1.807) is 0 Å². The van der Waals surface area contributed by atoms with E-state index >= 15 is 0 Å². The molecule has 112 valence electrons. The highest BCUT2D eigenvalue weighted by Crippen LogP contribution is 2.36. The first-order chi connectivity index (χ1) is 9.52. The highest BCUT2D eigenvalue weighted by Gasteiger charge is 2.26. The van der Waals surface area contributed by atoms with Gasteiger partial charge in [-0.15, -0.1) is 0 Å². The van der Waals surface area contributed by atoms with Crippen LogP contribution in [0.5, 0.6) is 0 Å². The molecule has 0 radical (unpaired) electrons. The standard InChI is InChI=1S/C16H28N4/c1-5-6-13-19-14(17-4)11-15(20-13)18-12-7-9-16(2,3)10-8-12/h11-12H,5-10H2,1-4H3,(H2,17,18,19,20). The number of anilines is 2. The van der Waals surface area contributed by atoms with E-state index in [0.717, 1.165) is 30.3 Å². The van der Waals surface area contributed by atoms with Crippen molar-refractivity contribution in [2.75, 3.05) is 17.7 Å². The lowest BCUT2D eigenvalue weighted by atomic mass is 9.75. The Morgan fingerprint density at radius 3 is 2.45 bits per heavy atom. The summed E-state index contributed by atoms with van der Waals surface area (Å²) in [5.41, 5.74) is 0.507. The lowest BCUT2D eigenvalue weighted by Gasteiger charge is -2.34. The molecule has 1 saturated carbocycles. The summed E-state index contributed by atoms with van der Waals surface area (Å²) in [5.74, 6) is 2.80. The maximum atomic E-state index is 4.64. The van der Waals surface area contributed by atoms with Crippen molar-refractivity contribution >= 4 is 11.6 Å². The molecule has 0 unspecified atom stereocenters. The number of aromatic nitrogens is 2. The molecular weight excluding hydrogens is 248 g/mol. The second-order valence-corrected chi connectivity index (χ2v) is 6.64. The summed E-state index contributed by atoms with van der Waals surface area (Å²) in [4.78, 5) is 9.13. The van der Waals surface area contributed by atoms with E-state index in [-0.39, 0.29) is 0 Å². The maximum absolute atomic E-state index is 4.64. The van der Waals surface area contributed by atoms with E-state index in [0.29, 0.717) is 11.5 Å². The zero-order chi connectivity index (χ0) is 14.6. The Bertz CT molecular complexity index is 432. The molecule has 2 rings (SSSR count). The number of hydrogen-bond donors (Lipinski definition) is 2. The zero-order valence-corrected chi connectivity index (χ0v) is 13.3. The highest BCUT2D eigenvalue weighted by molar-refractivity contribution is 5.47. The molecule has 1 aliphatic carbocycles. The van der Waals surface area contributed by atoms with Gasteiger partial charge >= 0.3 is 0 Å². The van der Waals surface area contributed by atoms with Gasteiger partial charge in [-0.1, -0.05) is 20.8 Å². The minimum absolute atomic E-state index is 0.507. The summed E-state index contributed by atoms with van der Waals surface area (Å²) in [5, 5.41) is 6.73. The molecule has 1 aromatic heterocycles. The Morgan fingerprint density at radius 2 is 1.85 bits per heavy atom. The Hall–Kier alpha value is -1.32. The van der Waals surface area contributed by atoms with Crippen molar-refractivity contribution in [3.05, 3.63) is 11.9 Å². The van der Waals surface area contributed by atoms with E-state index in [2.05, 4.69) is 41.4 Å². The van der Waals surface area contributed by atoms with Gasteiger partial charge in [0.25, 0.3) is 0 Å². The van der Waals surface area contributed by atoms with Gasteiger partial charge in [0.15, 0.2) is 0 Å². The van der Waals surface area contributed by atoms with Crippen molar-refractivity contribution < 1.29 is 0 Å². The van der Waals surface area contributed by atoms with Crippen molar-refractivity contribution in [1.29, 1.82) is 0 Å². The summed E-state index contributed by atoms with van der Waals surface area (Å²) in [7, 11) is 1.91. The van der Waals surface area contributed by atoms with Crippen LogP contribution in [0.4, 0.5) is 11.6 Å². The fourth-order valence-electron chi connectivity index (χ4n) is 2.79. The molecule has 1 aliphatic rings. The predicted molar refractivity (Wildman–Crippen MR) is 85.2 cm³/mol. The second-order valence-electron chi connectivity index (χ2n) is 6.64. The lowest BCUT2D eigenvalue weighted by Crippen LogP contribution is -2.30. The summed E-state index contributed by atoms with van der Waals surface area (Å²) in [6.45, 7) is 6.89. The summed E-state index contributed by atoms with van der Waals surface area (Å²) in [6.07, 6.45) is 7.04. The van der Waals surface area contributed by atoms with Crippen molar-refractivity contribution in [3.63, 3.8) is 0 Å². The molecule has 20 heavy (non-hydrogen) atoms. The molecule has 2 N–H and O–H groups in total. The van der Waals surface area contributed by atoms with Crippen LogP contribution in [0.3, 0.4) is 0 Å². The normalized spacial score (nSPS) is 18.8. The number of nitrogens with one attached hydrogen (secondary N) is 2. The molecule has 0 bridgehead atoms. The number of nitrogens with zero attached hydrogens (tertiary/aromatic N) is 2. The molecule has 4 heteroatoms. The zero-order valence-electron chi connectivity index (χ0n) is 13.3. The van der Waals surface area contributed by atoms with Crippen molar-refractivity contribution in [2.24, 2.45) is 5.41 Å². The fourth-order valence-corrected chi connectivity index (χ4v) is 2.79. The van der Waals surface area contributed by atoms with E-state index in [4.69, 9.17) is 0 Å². The van der Waals surface area contributed by atoms with Crippen molar-refractivity contribution in [3.8, 4) is 0 Å². The van der Waals surface area contributed by atoms with Crippen LogP contribution in [-0.4, -0.2) is 23.1 Å². The first kappa shape index (κ1) is 15.1. The number of hydrogen-bond acceptors (Lipinski definition) is 4. The Labute approximate surface area is 122 Å². The monoisotopic (exact) mass is 276 g/mol. The van der Waals surface area contributed by atoms with Crippen LogP contribution in [0.2, 0.25) is 0 Å². The number of rotatable bonds is 5. The first-order valence-corrected chi connectivity index (χ1v) is 7.84. The smallest absolute Gasteiger partial charge is 0.133 e.